The lowest BCUT2D eigenvalue weighted by Crippen LogP contribution is -2.14. The van der Waals surface area contributed by atoms with Crippen LogP contribution in [0.3, 0.4) is 0 Å². The SMILES string of the molecule is CCc1cc(NS(=O)(=O)c2cc(F)c(OC)c(F)c2)nn1C. The quantitative estimate of drug-likeness (QED) is 0.910. The number of sulfonamides is 1. The molecule has 0 unspecified atom stereocenters. The number of rotatable bonds is 5. The van der Waals surface area contributed by atoms with E-state index in [-0.39, 0.29) is 5.82 Å². The molecule has 0 saturated heterocycles. The van der Waals surface area contributed by atoms with Crippen molar-refractivity contribution in [3.63, 3.8) is 0 Å². The molecule has 0 fully saturated rings. The van der Waals surface area contributed by atoms with Gasteiger partial charge >= 0.3 is 0 Å². The van der Waals surface area contributed by atoms with Gasteiger partial charge in [-0.05, 0) is 18.6 Å². The molecule has 9 heteroatoms. The monoisotopic (exact) mass is 331 g/mol. The highest BCUT2D eigenvalue weighted by molar-refractivity contribution is 7.92. The van der Waals surface area contributed by atoms with Crippen molar-refractivity contribution >= 4 is 15.8 Å². The van der Waals surface area contributed by atoms with Crippen LogP contribution in [0.15, 0.2) is 23.1 Å². The normalized spacial score (nSPS) is 11.5. The summed E-state index contributed by atoms with van der Waals surface area (Å²) in [6, 6.07) is 2.93. The summed E-state index contributed by atoms with van der Waals surface area (Å²) in [5.74, 6) is -2.75. The van der Waals surface area contributed by atoms with Gasteiger partial charge in [-0.2, -0.15) is 5.10 Å². The van der Waals surface area contributed by atoms with E-state index in [9.17, 15) is 17.2 Å². The van der Waals surface area contributed by atoms with Crippen LogP contribution in [0.4, 0.5) is 14.6 Å². The minimum Gasteiger partial charge on any atom is -0.491 e. The van der Waals surface area contributed by atoms with Gasteiger partial charge in [-0.15, -0.1) is 0 Å². The van der Waals surface area contributed by atoms with Crippen molar-refractivity contribution in [1.29, 1.82) is 0 Å². The van der Waals surface area contributed by atoms with Crippen molar-refractivity contribution in [3.8, 4) is 5.75 Å². The van der Waals surface area contributed by atoms with Gasteiger partial charge in [-0.25, -0.2) is 17.2 Å². The molecule has 1 heterocycles. The van der Waals surface area contributed by atoms with E-state index in [2.05, 4.69) is 14.6 Å². The van der Waals surface area contributed by atoms with Crippen LogP contribution in [-0.2, 0) is 23.5 Å². The summed E-state index contributed by atoms with van der Waals surface area (Å²) in [6.45, 7) is 1.89. The van der Waals surface area contributed by atoms with E-state index in [1.165, 1.54) is 4.68 Å². The van der Waals surface area contributed by atoms with Gasteiger partial charge in [0, 0.05) is 18.8 Å². The smallest absolute Gasteiger partial charge is 0.263 e. The van der Waals surface area contributed by atoms with E-state index >= 15 is 0 Å². The highest BCUT2D eigenvalue weighted by atomic mass is 32.2. The molecule has 0 amide bonds. The summed E-state index contributed by atoms with van der Waals surface area (Å²) >= 11 is 0. The first-order valence-electron chi connectivity index (χ1n) is 6.37. The predicted octanol–water partition coefficient (Wildman–Crippen LogP) is 2.07. The van der Waals surface area contributed by atoms with Crippen molar-refractivity contribution in [2.45, 2.75) is 18.2 Å². The summed E-state index contributed by atoms with van der Waals surface area (Å²) < 4.78 is 59.8. The Bertz CT molecular complexity index is 780. The molecule has 0 atom stereocenters. The second-order valence-corrected chi connectivity index (χ2v) is 6.21. The third-order valence-electron chi connectivity index (χ3n) is 3.06. The van der Waals surface area contributed by atoms with Gasteiger partial charge in [0.15, 0.2) is 23.2 Å². The number of aromatic nitrogens is 2. The fourth-order valence-electron chi connectivity index (χ4n) is 1.97. The van der Waals surface area contributed by atoms with Crippen LogP contribution in [-0.4, -0.2) is 25.3 Å². The molecule has 0 aliphatic rings. The van der Waals surface area contributed by atoms with Crippen LogP contribution in [0.25, 0.3) is 0 Å². The molecule has 2 aromatic rings. The van der Waals surface area contributed by atoms with Gasteiger partial charge < -0.3 is 4.74 Å². The van der Waals surface area contributed by atoms with Crippen molar-refractivity contribution in [2.75, 3.05) is 11.8 Å². The molecule has 2 rings (SSSR count). The zero-order valence-corrected chi connectivity index (χ0v) is 13.0. The van der Waals surface area contributed by atoms with Gasteiger partial charge in [0.1, 0.15) is 0 Å². The molecule has 120 valence electrons. The number of benzene rings is 1. The summed E-state index contributed by atoms with van der Waals surface area (Å²) in [4.78, 5) is -0.549. The molecule has 0 saturated carbocycles. The average Bonchev–Trinajstić information content (AvgIpc) is 2.77. The Kier molecular flexibility index (Phi) is 4.36. The van der Waals surface area contributed by atoms with E-state index < -0.39 is 32.3 Å². The first-order chi connectivity index (χ1) is 10.3. The van der Waals surface area contributed by atoms with E-state index in [1.54, 1.807) is 13.1 Å². The van der Waals surface area contributed by atoms with Crippen molar-refractivity contribution < 1.29 is 21.9 Å². The molecule has 1 aromatic carbocycles. The summed E-state index contributed by atoms with van der Waals surface area (Å²) in [7, 11) is -1.40. The lowest BCUT2D eigenvalue weighted by molar-refractivity contribution is 0.358. The topological polar surface area (TPSA) is 73.2 Å². The maximum absolute atomic E-state index is 13.6. The second-order valence-electron chi connectivity index (χ2n) is 4.52. The van der Waals surface area contributed by atoms with Crippen LogP contribution in [0.2, 0.25) is 0 Å². The molecule has 0 bridgehead atoms. The van der Waals surface area contributed by atoms with E-state index in [0.29, 0.717) is 18.6 Å². The molecule has 1 aromatic heterocycles. The number of aryl methyl sites for hydroxylation is 2. The third-order valence-corrected chi connectivity index (χ3v) is 4.40. The number of hydrogen-bond acceptors (Lipinski definition) is 4. The molecule has 0 aliphatic carbocycles. The number of ether oxygens (including phenoxy) is 1. The minimum absolute atomic E-state index is 0.0796. The van der Waals surface area contributed by atoms with Crippen molar-refractivity contribution in [3.05, 3.63) is 35.5 Å². The lowest BCUT2D eigenvalue weighted by Gasteiger charge is -2.08. The zero-order valence-electron chi connectivity index (χ0n) is 12.2. The maximum atomic E-state index is 13.6. The van der Waals surface area contributed by atoms with Gasteiger partial charge in [0.05, 0.1) is 12.0 Å². The van der Waals surface area contributed by atoms with Crippen LogP contribution in [0.1, 0.15) is 12.6 Å². The summed E-state index contributed by atoms with van der Waals surface area (Å²) in [6.07, 6.45) is 0.664. The number of nitrogens with zero attached hydrogens (tertiary/aromatic N) is 2. The van der Waals surface area contributed by atoms with Gasteiger partial charge in [0.2, 0.25) is 0 Å². The Morgan fingerprint density at radius 3 is 2.32 bits per heavy atom. The van der Waals surface area contributed by atoms with Gasteiger partial charge in [-0.3, -0.25) is 9.40 Å². The number of methoxy groups -OCH3 is 1. The molecule has 1 N–H and O–H groups in total. The van der Waals surface area contributed by atoms with Crippen molar-refractivity contribution in [1.82, 2.24) is 9.78 Å². The van der Waals surface area contributed by atoms with Crippen LogP contribution < -0.4 is 9.46 Å². The van der Waals surface area contributed by atoms with E-state index in [1.807, 2.05) is 6.92 Å². The van der Waals surface area contributed by atoms with E-state index in [0.717, 1.165) is 12.8 Å². The van der Waals surface area contributed by atoms with E-state index in [4.69, 9.17) is 0 Å². The number of halogens is 2. The maximum Gasteiger partial charge on any atom is 0.263 e. The van der Waals surface area contributed by atoms with Crippen LogP contribution in [0.5, 0.6) is 5.75 Å². The lowest BCUT2D eigenvalue weighted by atomic mass is 10.3. The van der Waals surface area contributed by atoms with Gasteiger partial charge in [0.25, 0.3) is 10.0 Å². The second kappa shape index (κ2) is 5.91. The van der Waals surface area contributed by atoms with Crippen LogP contribution in [0, 0.1) is 11.6 Å². The minimum atomic E-state index is -4.16. The fourth-order valence-corrected chi connectivity index (χ4v) is 2.98. The first-order valence-corrected chi connectivity index (χ1v) is 7.85. The van der Waals surface area contributed by atoms with Crippen molar-refractivity contribution in [2.24, 2.45) is 7.05 Å². The molecule has 22 heavy (non-hydrogen) atoms. The third kappa shape index (κ3) is 3.03. The predicted molar refractivity (Wildman–Crippen MR) is 76.3 cm³/mol. The summed E-state index contributed by atoms with van der Waals surface area (Å²) in [5, 5.41) is 3.98. The van der Waals surface area contributed by atoms with Gasteiger partial charge in [-0.1, -0.05) is 6.92 Å². The average molecular weight is 331 g/mol. The highest BCUT2D eigenvalue weighted by Crippen LogP contribution is 2.26. The number of nitrogens with one attached hydrogen (secondary N) is 1. The molecular formula is C13H15F2N3O3S. The molecular weight excluding hydrogens is 316 g/mol. The largest absolute Gasteiger partial charge is 0.491 e. The number of hydrogen-bond donors (Lipinski definition) is 1. The first kappa shape index (κ1) is 16.2. The standard InChI is InChI=1S/C13H15F2N3O3S/c1-4-8-5-12(16-18(8)2)17-22(19,20)9-6-10(14)13(21-3)11(15)7-9/h5-7H,4H2,1-3H3,(H,16,17). The molecule has 0 spiro atoms. The Balaban J connectivity index is 2.38. The molecule has 0 aliphatic heterocycles. The zero-order chi connectivity index (χ0) is 16.5. The Hall–Kier alpha value is -2.16. The Labute approximate surface area is 126 Å². The fraction of sp³-hybridized carbons (Fsp3) is 0.308. The Morgan fingerprint density at radius 1 is 1.27 bits per heavy atom. The molecule has 0 radical (unpaired) electrons. The summed E-state index contributed by atoms with van der Waals surface area (Å²) in [5.41, 5.74) is 0.810. The Morgan fingerprint density at radius 2 is 1.86 bits per heavy atom. The highest BCUT2D eigenvalue weighted by Gasteiger charge is 2.21. The molecule has 6 nitrogen and oxygen atoms in total. The number of anilines is 1. The van der Waals surface area contributed by atoms with Crippen LogP contribution >= 0.6 is 0 Å².